The largest absolute Gasteiger partial charge is 0.416 e. The average molecular weight is 302 g/mol. The van der Waals surface area contributed by atoms with Crippen LogP contribution in [0.25, 0.3) is 11.0 Å². The Morgan fingerprint density at radius 2 is 1.89 bits per heavy atom. The van der Waals surface area contributed by atoms with Crippen LogP contribution in [0.3, 0.4) is 0 Å². The first-order chi connectivity index (χ1) is 7.38. The zero-order chi connectivity index (χ0) is 11.9. The highest BCUT2D eigenvalue weighted by molar-refractivity contribution is 5.85. The second kappa shape index (κ2) is 5.77. The molecule has 0 fully saturated rings. The molecule has 8 heteroatoms. The van der Waals surface area contributed by atoms with Crippen LogP contribution in [0.1, 0.15) is 24.4 Å². The van der Waals surface area contributed by atoms with E-state index in [2.05, 4.69) is 9.97 Å². The third-order valence-corrected chi connectivity index (χ3v) is 2.26. The molecule has 0 aliphatic rings. The molecular formula is C10H12Cl2F3N3. The summed E-state index contributed by atoms with van der Waals surface area (Å²) < 4.78 is 37.3. The van der Waals surface area contributed by atoms with E-state index in [1.54, 1.807) is 6.92 Å². The molecule has 1 heterocycles. The Morgan fingerprint density at radius 1 is 1.28 bits per heavy atom. The second-order valence-electron chi connectivity index (χ2n) is 3.64. The number of aromatic nitrogens is 2. The third-order valence-electron chi connectivity index (χ3n) is 2.26. The number of H-pyrrole nitrogens is 1. The first-order valence-corrected chi connectivity index (χ1v) is 4.70. The van der Waals surface area contributed by atoms with Gasteiger partial charge < -0.3 is 10.7 Å². The fourth-order valence-corrected chi connectivity index (χ4v) is 1.42. The summed E-state index contributed by atoms with van der Waals surface area (Å²) >= 11 is 0. The molecule has 1 aromatic heterocycles. The average Bonchev–Trinajstić information content (AvgIpc) is 2.58. The van der Waals surface area contributed by atoms with Gasteiger partial charge in [0.05, 0.1) is 22.6 Å². The van der Waals surface area contributed by atoms with E-state index in [1.165, 1.54) is 6.07 Å². The van der Waals surface area contributed by atoms with Gasteiger partial charge in [-0.2, -0.15) is 13.2 Å². The maximum Gasteiger partial charge on any atom is 0.416 e. The third kappa shape index (κ3) is 3.28. The SMILES string of the molecule is CC(N)c1nc2ccc(C(F)(F)F)cc2[nH]1.Cl.Cl. The summed E-state index contributed by atoms with van der Waals surface area (Å²) in [5, 5.41) is 0. The van der Waals surface area contributed by atoms with Crippen molar-refractivity contribution < 1.29 is 13.2 Å². The molecule has 3 N–H and O–H groups in total. The highest BCUT2D eigenvalue weighted by Gasteiger charge is 2.30. The number of hydrogen-bond acceptors (Lipinski definition) is 2. The molecule has 0 saturated carbocycles. The molecule has 18 heavy (non-hydrogen) atoms. The summed E-state index contributed by atoms with van der Waals surface area (Å²) in [5.41, 5.74) is 5.73. The van der Waals surface area contributed by atoms with E-state index < -0.39 is 11.7 Å². The van der Waals surface area contributed by atoms with Crippen LogP contribution in [0, 0.1) is 0 Å². The molecule has 0 aliphatic heterocycles. The zero-order valence-electron chi connectivity index (χ0n) is 9.28. The van der Waals surface area contributed by atoms with Gasteiger partial charge in [0, 0.05) is 0 Å². The molecule has 2 rings (SSSR count). The summed E-state index contributed by atoms with van der Waals surface area (Å²) in [4.78, 5) is 6.86. The minimum atomic E-state index is -4.34. The Morgan fingerprint density at radius 3 is 2.39 bits per heavy atom. The van der Waals surface area contributed by atoms with Crippen molar-refractivity contribution in [1.29, 1.82) is 0 Å². The highest BCUT2D eigenvalue weighted by Crippen LogP contribution is 2.31. The van der Waals surface area contributed by atoms with Crippen LogP contribution < -0.4 is 5.73 Å². The van der Waals surface area contributed by atoms with E-state index in [4.69, 9.17) is 5.73 Å². The summed E-state index contributed by atoms with van der Waals surface area (Å²) in [7, 11) is 0. The zero-order valence-corrected chi connectivity index (χ0v) is 10.9. The van der Waals surface area contributed by atoms with Crippen molar-refractivity contribution >= 4 is 35.8 Å². The van der Waals surface area contributed by atoms with Crippen molar-refractivity contribution in [2.45, 2.75) is 19.1 Å². The smallest absolute Gasteiger partial charge is 0.341 e. The number of imidazole rings is 1. The topological polar surface area (TPSA) is 54.7 Å². The van der Waals surface area contributed by atoms with Crippen LogP contribution in [-0.2, 0) is 6.18 Å². The van der Waals surface area contributed by atoms with Crippen LogP contribution in [-0.4, -0.2) is 9.97 Å². The van der Waals surface area contributed by atoms with E-state index in [1.807, 2.05) is 0 Å². The number of nitrogens with one attached hydrogen (secondary N) is 1. The quantitative estimate of drug-likeness (QED) is 0.847. The Bertz CT molecular complexity index is 523. The second-order valence-corrected chi connectivity index (χ2v) is 3.64. The molecule has 102 valence electrons. The van der Waals surface area contributed by atoms with E-state index in [0.717, 1.165) is 12.1 Å². The van der Waals surface area contributed by atoms with Crippen molar-refractivity contribution in [2.24, 2.45) is 5.73 Å². The normalized spacial score (nSPS) is 12.7. The molecule has 0 aliphatic carbocycles. The lowest BCUT2D eigenvalue weighted by Gasteiger charge is -2.05. The fourth-order valence-electron chi connectivity index (χ4n) is 1.42. The number of nitrogens with zero attached hydrogens (tertiary/aromatic N) is 1. The molecular weight excluding hydrogens is 290 g/mol. The molecule has 2 aromatic rings. The lowest BCUT2D eigenvalue weighted by Crippen LogP contribution is -2.06. The van der Waals surface area contributed by atoms with Gasteiger partial charge in [0.15, 0.2) is 0 Å². The number of rotatable bonds is 1. The summed E-state index contributed by atoms with van der Waals surface area (Å²) in [6, 6.07) is 3.05. The van der Waals surface area contributed by atoms with E-state index in [9.17, 15) is 13.2 Å². The predicted molar refractivity (Wildman–Crippen MR) is 68.2 cm³/mol. The predicted octanol–water partition coefficient (Wildman–Crippen LogP) is 3.45. The van der Waals surface area contributed by atoms with Gasteiger partial charge in [0.2, 0.25) is 0 Å². The molecule has 0 amide bonds. The first-order valence-electron chi connectivity index (χ1n) is 4.70. The first kappa shape index (κ1) is 17.0. The molecule has 3 nitrogen and oxygen atoms in total. The van der Waals surface area contributed by atoms with Crippen molar-refractivity contribution in [3.05, 3.63) is 29.6 Å². The summed E-state index contributed by atoms with van der Waals surface area (Å²) in [6.07, 6.45) is -4.34. The number of aromatic amines is 1. The van der Waals surface area contributed by atoms with Crippen LogP contribution in [0.5, 0.6) is 0 Å². The molecule has 1 atom stereocenters. The van der Waals surface area contributed by atoms with Crippen LogP contribution in [0.2, 0.25) is 0 Å². The Balaban J connectivity index is 0.00000144. The van der Waals surface area contributed by atoms with Gasteiger partial charge in [0.1, 0.15) is 5.82 Å². The van der Waals surface area contributed by atoms with E-state index in [0.29, 0.717) is 16.9 Å². The fraction of sp³-hybridized carbons (Fsp3) is 0.300. The van der Waals surface area contributed by atoms with Gasteiger partial charge in [0.25, 0.3) is 0 Å². The number of benzene rings is 1. The van der Waals surface area contributed by atoms with Gasteiger partial charge in [-0.1, -0.05) is 0 Å². The van der Waals surface area contributed by atoms with Crippen LogP contribution in [0.15, 0.2) is 18.2 Å². The number of fused-ring (bicyclic) bond motifs is 1. The maximum atomic E-state index is 12.4. The van der Waals surface area contributed by atoms with E-state index in [-0.39, 0.29) is 30.9 Å². The number of alkyl halides is 3. The van der Waals surface area contributed by atoms with Crippen LogP contribution >= 0.6 is 24.8 Å². The van der Waals surface area contributed by atoms with Crippen molar-refractivity contribution in [3.8, 4) is 0 Å². The summed E-state index contributed by atoms with van der Waals surface area (Å²) in [6.45, 7) is 1.71. The van der Waals surface area contributed by atoms with Gasteiger partial charge in [-0.05, 0) is 25.1 Å². The van der Waals surface area contributed by atoms with Gasteiger partial charge >= 0.3 is 6.18 Å². The standard InChI is InChI=1S/C10H10F3N3.2ClH/c1-5(14)9-15-7-3-2-6(10(11,12)13)4-8(7)16-9;;/h2-5H,14H2,1H3,(H,15,16);2*1H. The Hall–Kier alpha value is -0.980. The minimum Gasteiger partial charge on any atom is -0.341 e. The number of hydrogen-bond donors (Lipinski definition) is 2. The number of nitrogens with two attached hydrogens (primary N) is 1. The minimum absolute atomic E-state index is 0. The van der Waals surface area contributed by atoms with E-state index >= 15 is 0 Å². The number of halogens is 5. The van der Waals surface area contributed by atoms with Crippen molar-refractivity contribution in [1.82, 2.24) is 9.97 Å². The van der Waals surface area contributed by atoms with Crippen molar-refractivity contribution in [3.63, 3.8) is 0 Å². The molecule has 1 aromatic carbocycles. The monoisotopic (exact) mass is 301 g/mol. The lowest BCUT2D eigenvalue weighted by atomic mass is 10.2. The Labute approximate surface area is 114 Å². The summed E-state index contributed by atoms with van der Waals surface area (Å²) in [5.74, 6) is 0.481. The van der Waals surface area contributed by atoms with Gasteiger partial charge in [-0.3, -0.25) is 0 Å². The van der Waals surface area contributed by atoms with Gasteiger partial charge in [-0.25, -0.2) is 4.98 Å². The molecule has 1 unspecified atom stereocenters. The van der Waals surface area contributed by atoms with Gasteiger partial charge in [-0.15, -0.1) is 24.8 Å². The Kier molecular flexibility index (Phi) is 5.46. The molecule has 0 radical (unpaired) electrons. The highest BCUT2D eigenvalue weighted by atomic mass is 35.5. The lowest BCUT2D eigenvalue weighted by molar-refractivity contribution is -0.137. The van der Waals surface area contributed by atoms with Crippen LogP contribution in [0.4, 0.5) is 13.2 Å². The molecule has 0 saturated heterocycles. The maximum absolute atomic E-state index is 12.4. The molecule has 0 bridgehead atoms. The van der Waals surface area contributed by atoms with Crippen molar-refractivity contribution in [2.75, 3.05) is 0 Å². The molecule has 0 spiro atoms.